The molecule has 0 amide bonds. The number of ether oxygens (including phenoxy) is 1. The lowest BCUT2D eigenvalue weighted by molar-refractivity contribution is 0.277. The highest BCUT2D eigenvalue weighted by Crippen LogP contribution is 2.23. The zero-order valence-corrected chi connectivity index (χ0v) is 20.1. The summed E-state index contributed by atoms with van der Waals surface area (Å²) in [5, 5.41) is 9.82. The zero-order valence-electron chi connectivity index (χ0n) is 19.3. The van der Waals surface area contributed by atoms with E-state index < -0.39 is 5.82 Å². The van der Waals surface area contributed by atoms with Crippen LogP contribution in [0.2, 0.25) is 0 Å². The molecular formula is C22H33FN8OS. The van der Waals surface area contributed by atoms with Crippen molar-refractivity contribution in [1.29, 1.82) is 0 Å². The second-order valence-electron chi connectivity index (χ2n) is 8.15. The van der Waals surface area contributed by atoms with E-state index in [2.05, 4.69) is 47.6 Å². The van der Waals surface area contributed by atoms with Crippen LogP contribution in [0.3, 0.4) is 0 Å². The fraction of sp³-hybridized carbons (Fsp3) is 0.591. The van der Waals surface area contributed by atoms with E-state index in [1.807, 2.05) is 11.8 Å². The topological polar surface area (TPSA) is 90.5 Å². The van der Waals surface area contributed by atoms with E-state index in [0.717, 1.165) is 44.2 Å². The molecule has 1 aromatic carbocycles. The maximum Gasteiger partial charge on any atom is 0.233 e. The number of aromatic nitrogens is 3. The van der Waals surface area contributed by atoms with Crippen molar-refractivity contribution in [3.63, 3.8) is 0 Å². The number of nitrogens with one attached hydrogen (secondary N) is 3. The van der Waals surface area contributed by atoms with Crippen LogP contribution in [0.5, 0.6) is 5.75 Å². The van der Waals surface area contributed by atoms with Crippen molar-refractivity contribution in [2.75, 3.05) is 74.0 Å². The molecule has 33 heavy (non-hydrogen) atoms. The van der Waals surface area contributed by atoms with Crippen molar-refractivity contribution >= 4 is 35.3 Å². The van der Waals surface area contributed by atoms with Gasteiger partial charge in [-0.05, 0) is 38.1 Å². The van der Waals surface area contributed by atoms with Crippen molar-refractivity contribution in [1.82, 2.24) is 24.8 Å². The SMILES string of the molecule is CCN1CCCC1CNc1nc(NCN2CCSCC2)nc(Nc2ccc(OC)c(F)c2)n1. The Morgan fingerprint density at radius 3 is 2.58 bits per heavy atom. The third-order valence-electron chi connectivity index (χ3n) is 6.01. The van der Waals surface area contributed by atoms with Crippen LogP contribution >= 0.6 is 11.8 Å². The van der Waals surface area contributed by atoms with Gasteiger partial charge in [-0.2, -0.15) is 26.7 Å². The van der Waals surface area contributed by atoms with Crippen molar-refractivity contribution in [3.8, 4) is 5.75 Å². The van der Waals surface area contributed by atoms with Crippen LogP contribution in [0.25, 0.3) is 0 Å². The molecule has 3 heterocycles. The average Bonchev–Trinajstić information content (AvgIpc) is 3.30. The highest BCUT2D eigenvalue weighted by molar-refractivity contribution is 7.99. The Kier molecular flexibility index (Phi) is 8.40. The Hall–Kier alpha value is -2.37. The second kappa shape index (κ2) is 11.7. The molecule has 0 saturated carbocycles. The fourth-order valence-corrected chi connectivity index (χ4v) is 5.14. The first-order valence-electron chi connectivity index (χ1n) is 11.5. The van der Waals surface area contributed by atoms with Gasteiger partial charge in [0, 0.05) is 48.9 Å². The molecule has 0 radical (unpaired) electrons. The lowest BCUT2D eigenvalue weighted by Crippen LogP contribution is -2.37. The first kappa shape index (κ1) is 23.8. The van der Waals surface area contributed by atoms with Crippen LogP contribution in [0.15, 0.2) is 18.2 Å². The van der Waals surface area contributed by atoms with Gasteiger partial charge in [0.2, 0.25) is 17.8 Å². The maximum absolute atomic E-state index is 14.1. The summed E-state index contributed by atoms with van der Waals surface area (Å²) in [6.45, 7) is 7.90. The van der Waals surface area contributed by atoms with Gasteiger partial charge in [0.25, 0.3) is 0 Å². The minimum atomic E-state index is -0.447. The summed E-state index contributed by atoms with van der Waals surface area (Å²) in [4.78, 5) is 18.5. The summed E-state index contributed by atoms with van der Waals surface area (Å²) in [6.07, 6.45) is 2.38. The lowest BCUT2D eigenvalue weighted by atomic mass is 10.2. The van der Waals surface area contributed by atoms with Crippen LogP contribution in [0.4, 0.5) is 27.9 Å². The predicted molar refractivity (Wildman–Crippen MR) is 132 cm³/mol. The second-order valence-corrected chi connectivity index (χ2v) is 9.38. The molecule has 1 atom stereocenters. The minimum absolute atomic E-state index is 0.192. The highest BCUT2D eigenvalue weighted by atomic mass is 32.2. The maximum atomic E-state index is 14.1. The average molecular weight is 477 g/mol. The molecule has 0 bridgehead atoms. The van der Waals surface area contributed by atoms with Crippen LogP contribution in [-0.2, 0) is 0 Å². The number of hydrogen-bond donors (Lipinski definition) is 3. The van der Waals surface area contributed by atoms with Gasteiger partial charge in [-0.15, -0.1) is 0 Å². The Labute approximate surface area is 198 Å². The van der Waals surface area contributed by atoms with Crippen molar-refractivity contribution in [2.45, 2.75) is 25.8 Å². The smallest absolute Gasteiger partial charge is 0.233 e. The van der Waals surface area contributed by atoms with Gasteiger partial charge < -0.3 is 20.7 Å². The van der Waals surface area contributed by atoms with E-state index in [1.165, 1.54) is 26.0 Å². The number of nitrogens with zero attached hydrogens (tertiary/aromatic N) is 5. The number of rotatable bonds is 10. The van der Waals surface area contributed by atoms with Gasteiger partial charge in [-0.1, -0.05) is 6.92 Å². The standard InChI is InChI=1S/C22H33FN8OS/c1-3-31-8-4-5-17(31)14-24-20-27-21(25-15-30-9-11-33-12-10-30)29-22(28-20)26-16-6-7-19(32-2)18(23)13-16/h6-7,13,17H,3-5,8-12,14-15H2,1-2H3,(H3,24,25,26,27,28,29). The van der Waals surface area contributed by atoms with Crippen LogP contribution < -0.4 is 20.7 Å². The number of likely N-dealkylation sites (tertiary alicyclic amines) is 1. The van der Waals surface area contributed by atoms with Gasteiger partial charge in [0.1, 0.15) is 0 Å². The van der Waals surface area contributed by atoms with E-state index >= 15 is 0 Å². The molecule has 11 heteroatoms. The summed E-state index contributed by atoms with van der Waals surface area (Å²) in [5.41, 5.74) is 0.539. The first-order valence-corrected chi connectivity index (χ1v) is 12.7. The predicted octanol–water partition coefficient (Wildman–Crippen LogP) is 3.08. The number of halogens is 1. The van der Waals surface area contributed by atoms with Gasteiger partial charge in [0.05, 0.1) is 13.8 Å². The summed E-state index contributed by atoms with van der Waals surface area (Å²) >= 11 is 1.98. The molecule has 2 fully saturated rings. The summed E-state index contributed by atoms with van der Waals surface area (Å²) in [6, 6.07) is 5.15. The minimum Gasteiger partial charge on any atom is -0.494 e. The normalized spacial score (nSPS) is 19.4. The largest absolute Gasteiger partial charge is 0.494 e. The van der Waals surface area contributed by atoms with Gasteiger partial charge in [-0.25, -0.2) is 4.39 Å². The van der Waals surface area contributed by atoms with Crippen LogP contribution in [0.1, 0.15) is 19.8 Å². The third kappa shape index (κ3) is 6.58. The van der Waals surface area contributed by atoms with Gasteiger partial charge >= 0.3 is 0 Å². The number of benzene rings is 1. The number of hydrogen-bond acceptors (Lipinski definition) is 10. The number of thioether (sulfide) groups is 1. The lowest BCUT2D eigenvalue weighted by Gasteiger charge is -2.26. The number of likely N-dealkylation sites (N-methyl/N-ethyl adjacent to an activating group) is 1. The molecule has 1 unspecified atom stereocenters. The van der Waals surface area contributed by atoms with Gasteiger partial charge in [0.15, 0.2) is 11.6 Å². The molecule has 2 aromatic rings. The molecular weight excluding hydrogens is 443 g/mol. The number of methoxy groups -OCH3 is 1. The van der Waals surface area contributed by atoms with Gasteiger partial charge in [-0.3, -0.25) is 9.80 Å². The molecule has 2 aliphatic heterocycles. The molecule has 0 spiro atoms. The molecule has 4 rings (SSSR count). The fourth-order valence-electron chi connectivity index (χ4n) is 4.16. The van der Waals surface area contributed by atoms with E-state index in [9.17, 15) is 4.39 Å². The molecule has 2 aliphatic rings. The molecule has 9 nitrogen and oxygen atoms in total. The Bertz CT molecular complexity index is 914. The summed E-state index contributed by atoms with van der Waals surface area (Å²) in [7, 11) is 1.44. The summed E-state index contributed by atoms with van der Waals surface area (Å²) < 4.78 is 19.1. The van der Waals surface area contributed by atoms with Crippen molar-refractivity contribution < 1.29 is 9.13 Å². The molecule has 0 aliphatic carbocycles. The van der Waals surface area contributed by atoms with E-state index in [1.54, 1.807) is 12.1 Å². The van der Waals surface area contributed by atoms with E-state index in [0.29, 0.717) is 36.2 Å². The van der Waals surface area contributed by atoms with Crippen LogP contribution in [-0.4, -0.2) is 88.8 Å². The Balaban J connectivity index is 1.48. The summed E-state index contributed by atoms with van der Waals surface area (Å²) in [5.74, 6) is 3.36. The zero-order chi connectivity index (χ0) is 23.0. The molecule has 1 aromatic heterocycles. The van der Waals surface area contributed by atoms with E-state index in [4.69, 9.17) is 4.74 Å². The van der Waals surface area contributed by atoms with Crippen molar-refractivity contribution in [3.05, 3.63) is 24.0 Å². The Morgan fingerprint density at radius 2 is 1.85 bits per heavy atom. The third-order valence-corrected chi connectivity index (χ3v) is 6.95. The number of anilines is 4. The highest BCUT2D eigenvalue weighted by Gasteiger charge is 2.23. The monoisotopic (exact) mass is 476 g/mol. The molecule has 3 N–H and O–H groups in total. The quantitative estimate of drug-likeness (QED) is 0.475. The van der Waals surface area contributed by atoms with Crippen LogP contribution in [0, 0.1) is 5.82 Å². The van der Waals surface area contributed by atoms with Crippen molar-refractivity contribution in [2.24, 2.45) is 0 Å². The molecule has 180 valence electrons. The van der Waals surface area contributed by atoms with E-state index in [-0.39, 0.29) is 5.75 Å². The Morgan fingerprint density at radius 1 is 1.09 bits per heavy atom. The molecule has 2 saturated heterocycles. The first-order chi connectivity index (χ1) is 16.1.